The van der Waals surface area contributed by atoms with Gasteiger partial charge in [0.25, 0.3) is 5.91 Å². The third-order valence-corrected chi connectivity index (χ3v) is 4.11. The molecule has 0 aliphatic rings. The van der Waals surface area contributed by atoms with Crippen molar-refractivity contribution in [3.8, 4) is 0 Å². The highest BCUT2D eigenvalue weighted by Crippen LogP contribution is 2.11. The third kappa shape index (κ3) is 4.92. The highest BCUT2D eigenvalue weighted by molar-refractivity contribution is 7.89. The summed E-state index contributed by atoms with van der Waals surface area (Å²) < 4.78 is 26.3. The van der Waals surface area contributed by atoms with Gasteiger partial charge in [0.1, 0.15) is 0 Å². The Morgan fingerprint density at radius 1 is 1.25 bits per heavy atom. The molecule has 0 saturated carbocycles. The number of aliphatic hydroxyl groups is 1. The van der Waals surface area contributed by atoms with Crippen LogP contribution in [0.5, 0.6) is 0 Å². The van der Waals surface area contributed by atoms with Crippen LogP contribution in [-0.2, 0) is 10.0 Å². The van der Waals surface area contributed by atoms with Gasteiger partial charge in [-0.25, -0.2) is 13.1 Å². The monoisotopic (exact) mass is 300 g/mol. The van der Waals surface area contributed by atoms with Gasteiger partial charge in [-0.3, -0.25) is 4.79 Å². The van der Waals surface area contributed by atoms with Gasteiger partial charge in [0.05, 0.1) is 4.90 Å². The highest BCUT2D eigenvalue weighted by atomic mass is 32.2. The van der Waals surface area contributed by atoms with Crippen molar-refractivity contribution in [1.29, 1.82) is 0 Å². The number of sulfonamides is 1. The zero-order valence-electron chi connectivity index (χ0n) is 11.6. The van der Waals surface area contributed by atoms with E-state index >= 15 is 0 Å². The number of nitrogens with one attached hydrogen (secondary N) is 2. The number of carbonyl (C=O) groups is 1. The van der Waals surface area contributed by atoms with Crippen LogP contribution >= 0.6 is 0 Å². The van der Waals surface area contributed by atoms with Crippen molar-refractivity contribution >= 4 is 15.9 Å². The van der Waals surface area contributed by atoms with Crippen LogP contribution in [0.15, 0.2) is 29.2 Å². The van der Waals surface area contributed by atoms with Crippen LogP contribution in [0, 0.1) is 0 Å². The fraction of sp³-hybridized carbons (Fsp3) is 0.462. The zero-order chi connectivity index (χ0) is 15.2. The van der Waals surface area contributed by atoms with Crippen molar-refractivity contribution in [3.05, 3.63) is 29.8 Å². The minimum Gasteiger partial charge on any atom is -0.396 e. The van der Waals surface area contributed by atoms with E-state index < -0.39 is 10.0 Å². The fourth-order valence-corrected chi connectivity index (χ4v) is 2.80. The Hall–Kier alpha value is -1.44. The van der Waals surface area contributed by atoms with Crippen LogP contribution in [0.4, 0.5) is 0 Å². The maximum absolute atomic E-state index is 11.9. The molecule has 7 heteroatoms. The maximum Gasteiger partial charge on any atom is 0.251 e. The molecule has 0 atom stereocenters. The molecule has 20 heavy (non-hydrogen) atoms. The van der Waals surface area contributed by atoms with E-state index in [1.54, 1.807) is 13.8 Å². The number of aliphatic hydroxyl groups excluding tert-OH is 1. The Morgan fingerprint density at radius 3 is 2.35 bits per heavy atom. The number of hydrogen-bond donors (Lipinski definition) is 3. The van der Waals surface area contributed by atoms with Gasteiger partial charge in [-0.1, -0.05) is 0 Å². The molecule has 0 spiro atoms. The van der Waals surface area contributed by atoms with Gasteiger partial charge in [-0.05, 0) is 44.5 Å². The normalized spacial score (nSPS) is 11.6. The summed E-state index contributed by atoms with van der Waals surface area (Å²) in [5.41, 5.74) is 0.381. The molecule has 6 nitrogen and oxygen atoms in total. The van der Waals surface area contributed by atoms with Crippen molar-refractivity contribution in [2.24, 2.45) is 0 Å². The van der Waals surface area contributed by atoms with Gasteiger partial charge in [-0.2, -0.15) is 0 Å². The van der Waals surface area contributed by atoms with Crippen molar-refractivity contribution in [2.45, 2.75) is 31.2 Å². The van der Waals surface area contributed by atoms with Gasteiger partial charge in [0.2, 0.25) is 10.0 Å². The standard InChI is InChI=1S/C13H20N2O4S/c1-10(2)15-20(18,19)12-6-4-11(5-7-12)13(17)14-8-3-9-16/h4-7,10,15-16H,3,8-9H2,1-2H3,(H,14,17). The maximum atomic E-state index is 11.9. The summed E-state index contributed by atoms with van der Waals surface area (Å²) in [5.74, 6) is -0.292. The summed E-state index contributed by atoms with van der Waals surface area (Å²) in [5, 5.41) is 11.2. The fourth-order valence-electron chi connectivity index (χ4n) is 1.55. The topological polar surface area (TPSA) is 95.5 Å². The summed E-state index contributed by atoms with van der Waals surface area (Å²) in [4.78, 5) is 11.8. The van der Waals surface area contributed by atoms with Crippen molar-refractivity contribution in [3.63, 3.8) is 0 Å². The quantitative estimate of drug-likeness (QED) is 0.638. The van der Waals surface area contributed by atoms with Crippen LogP contribution in [0.2, 0.25) is 0 Å². The lowest BCUT2D eigenvalue weighted by Crippen LogP contribution is -2.30. The lowest BCUT2D eigenvalue weighted by Gasteiger charge is -2.10. The van der Waals surface area contributed by atoms with E-state index in [0.29, 0.717) is 18.5 Å². The Morgan fingerprint density at radius 2 is 1.85 bits per heavy atom. The summed E-state index contributed by atoms with van der Waals surface area (Å²) >= 11 is 0. The zero-order valence-corrected chi connectivity index (χ0v) is 12.4. The van der Waals surface area contributed by atoms with Crippen molar-refractivity contribution in [2.75, 3.05) is 13.2 Å². The van der Waals surface area contributed by atoms with E-state index in [9.17, 15) is 13.2 Å². The predicted octanol–water partition coefficient (Wildman–Crippen LogP) is 0.485. The van der Waals surface area contributed by atoms with Crippen LogP contribution in [0.3, 0.4) is 0 Å². The highest BCUT2D eigenvalue weighted by Gasteiger charge is 2.15. The molecule has 0 aliphatic heterocycles. The van der Waals surface area contributed by atoms with Crippen molar-refractivity contribution < 1.29 is 18.3 Å². The molecule has 0 aliphatic carbocycles. The first kappa shape index (κ1) is 16.6. The van der Waals surface area contributed by atoms with Gasteiger partial charge in [0, 0.05) is 24.8 Å². The first-order valence-corrected chi connectivity index (χ1v) is 7.86. The van der Waals surface area contributed by atoms with Gasteiger partial charge < -0.3 is 10.4 Å². The van der Waals surface area contributed by atoms with Gasteiger partial charge >= 0.3 is 0 Å². The third-order valence-electron chi connectivity index (χ3n) is 2.44. The lowest BCUT2D eigenvalue weighted by molar-refractivity contribution is 0.0951. The van der Waals surface area contributed by atoms with Crippen LogP contribution in [-0.4, -0.2) is 38.6 Å². The van der Waals surface area contributed by atoms with Crippen LogP contribution in [0.1, 0.15) is 30.6 Å². The summed E-state index contributed by atoms with van der Waals surface area (Å²) in [6.07, 6.45) is 0.483. The molecule has 3 N–H and O–H groups in total. The van der Waals surface area contributed by atoms with E-state index in [1.807, 2.05) is 0 Å². The molecule has 112 valence electrons. The molecule has 0 radical (unpaired) electrons. The first-order valence-electron chi connectivity index (χ1n) is 6.38. The number of hydrogen-bond acceptors (Lipinski definition) is 4. The second-order valence-corrected chi connectivity index (χ2v) is 6.35. The average Bonchev–Trinajstić information content (AvgIpc) is 2.37. The van der Waals surface area contributed by atoms with E-state index in [1.165, 1.54) is 24.3 Å². The number of amides is 1. The molecule has 0 fully saturated rings. The smallest absolute Gasteiger partial charge is 0.251 e. The Labute approximate surface area is 119 Å². The molecule has 0 aromatic heterocycles. The summed E-state index contributed by atoms with van der Waals surface area (Å²) in [6.45, 7) is 3.86. The minimum absolute atomic E-state index is 0.0122. The molecule has 1 rings (SSSR count). The largest absolute Gasteiger partial charge is 0.396 e. The number of rotatable bonds is 7. The van der Waals surface area contributed by atoms with Crippen LogP contribution < -0.4 is 10.0 Å². The second-order valence-electron chi connectivity index (χ2n) is 4.63. The number of carbonyl (C=O) groups excluding carboxylic acids is 1. The molecule has 1 aromatic carbocycles. The Bertz CT molecular complexity index is 538. The summed E-state index contributed by atoms with van der Waals surface area (Å²) in [7, 11) is -3.54. The van der Waals surface area contributed by atoms with E-state index in [2.05, 4.69) is 10.0 Å². The first-order chi connectivity index (χ1) is 9.36. The second kappa shape index (κ2) is 7.37. The van der Waals surface area contributed by atoms with E-state index in [4.69, 9.17) is 5.11 Å². The predicted molar refractivity (Wildman–Crippen MR) is 75.9 cm³/mol. The molecule has 0 heterocycles. The molecule has 1 aromatic rings. The molecule has 0 bridgehead atoms. The number of benzene rings is 1. The molecule has 1 amide bonds. The minimum atomic E-state index is -3.54. The summed E-state index contributed by atoms with van der Waals surface area (Å²) in [6, 6.07) is 5.52. The SMILES string of the molecule is CC(C)NS(=O)(=O)c1ccc(C(=O)NCCCO)cc1. The molecular weight excluding hydrogens is 280 g/mol. The van der Waals surface area contributed by atoms with E-state index in [-0.39, 0.29) is 23.5 Å². The average molecular weight is 300 g/mol. The van der Waals surface area contributed by atoms with E-state index in [0.717, 1.165) is 0 Å². The Balaban J connectivity index is 2.76. The Kier molecular flexibility index (Phi) is 6.12. The molecule has 0 unspecified atom stereocenters. The van der Waals surface area contributed by atoms with Crippen molar-refractivity contribution in [1.82, 2.24) is 10.0 Å². The van der Waals surface area contributed by atoms with Gasteiger partial charge in [-0.15, -0.1) is 0 Å². The molecule has 0 saturated heterocycles. The molecular formula is C13H20N2O4S. The van der Waals surface area contributed by atoms with Crippen LogP contribution in [0.25, 0.3) is 0 Å². The van der Waals surface area contributed by atoms with Gasteiger partial charge in [0.15, 0.2) is 0 Å². The lowest BCUT2D eigenvalue weighted by atomic mass is 10.2.